The molecule has 2 aromatic rings. The van der Waals surface area contributed by atoms with Gasteiger partial charge in [0.2, 0.25) is 11.8 Å². The van der Waals surface area contributed by atoms with Crippen LogP contribution in [0.5, 0.6) is 0 Å². The van der Waals surface area contributed by atoms with E-state index in [0.717, 1.165) is 5.56 Å². The summed E-state index contributed by atoms with van der Waals surface area (Å²) in [4.78, 5) is 46.6. The van der Waals surface area contributed by atoms with Crippen LogP contribution in [0.15, 0.2) is 47.4 Å². The van der Waals surface area contributed by atoms with Gasteiger partial charge in [-0.1, -0.05) is 6.07 Å². The van der Waals surface area contributed by atoms with Gasteiger partial charge in [0.15, 0.2) is 0 Å². The Hall–Kier alpha value is -3.42. The third kappa shape index (κ3) is 6.43. The maximum absolute atomic E-state index is 12.1. The summed E-state index contributed by atoms with van der Waals surface area (Å²) in [5, 5.41) is 7.95. The van der Waals surface area contributed by atoms with E-state index in [4.69, 9.17) is 0 Å². The Morgan fingerprint density at radius 3 is 2.30 bits per heavy atom. The highest BCUT2D eigenvalue weighted by atomic mass is 16.2. The van der Waals surface area contributed by atoms with E-state index >= 15 is 0 Å². The van der Waals surface area contributed by atoms with Crippen molar-refractivity contribution in [2.75, 3.05) is 18.4 Å². The summed E-state index contributed by atoms with van der Waals surface area (Å²) in [6.07, 6.45) is 1.62. The number of aromatic nitrogens is 1. The second kappa shape index (κ2) is 9.33. The maximum Gasteiger partial charge on any atom is 0.251 e. The van der Waals surface area contributed by atoms with Crippen LogP contribution in [0.25, 0.3) is 0 Å². The lowest BCUT2D eigenvalue weighted by Crippen LogP contribution is -2.33. The van der Waals surface area contributed by atoms with E-state index in [1.165, 1.54) is 17.6 Å². The number of aryl methyl sites for hydroxylation is 1. The van der Waals surface area contributed by atoms with Crippen molar-refractivity contribution < 1.29 is 14.4 Å². The Bertz CT molecular complexity index is 887. The number of nitrogens with one attached hydrogen (secondary N) is 3. The molecular formula is C19H22N4O4. The number of nitrogens with zero attached hydrogens (tertiary/aromatic N) is 1. The molecule has 0 saturated carbocycles. The Morgan fingerprint density at radius 1 is 0.963 bits per heavy atom. The molecule has 8 heteroatoms. The zero-order valence-corrected chi connectivity index (χ0v) is 15.2. The lowest BCUT2D eigenvalue weighted by atomic mass is 10.2. The fourth-order valence-corrected chi connectivity index (χ4v) is 2.35. The highest BCUT2D eigenvalue weighted by Crippen LogP contribution is 2.09. The van der Waals surface area contributed by atoms with Gasteiger partial charge in [0.05, 0.1) is 0 Å². The molecule has 0 radical (unpaired) electrons. The van der Waals surface area contributed by atoms with Gasteiger partial charge >= 0.3 is 0 Å². The third-order valence-electron chi connectivity index (χ3n) is 3.66. The first-order valence-electron chi connectivity index (χ1n) is 8.45. The predicted molar refractivity (Wildman–Crippen MR) is 102 cm³/mol. The molecule has 2 rings (SSSR count). The minimum absolute atomic E-state index is 0.0914. The smallest absolute Gasteiger partial charge is 0.251 e. The molecule has 0 aliphatic heterocycles. The standard InChI is InChI=1S/C19H22N4O4/c1-13-3-8-18(26)23(11-13)12-17(25)22-16-6-4-15(5-7-16)19(27)21-10-9-20-14(2)24/h3-8,11H,9-10,12H2,1-2H3,(H,20,24)(H,21,27)(H,22,25). The van der Waals surface area contributed by atoms with E-state index in [0.29, 0.717) is 24.3 Å². The largest absolute Gasteiger partial charge is 0.355 e. The Labute approximate surface area is 156 Å². The quantitative estimate of drug-likeness (QED) is 0.622. The summed E-state index contributed by atoms with van der Waals surface area (Å²) < 4.78 is 1.33. The van der Waals surface area contributed by atoms with Crippen molar-refractivity contribution in [3.8, 4) is 0 Å². The van der Waals surface area contributed by atoms with Gasteiger partial charge in [-0.25, -0.2) is 0 Å². The number of rotatable bonds is 7. The number of carbonyl (C=O) groups excluding carboxylic acids is 3. The maximum atomic E-state index is 12.1. The molecule has 142 valence electrons. The molecular weight excluding hydrogens is 348 g/mol. The molecule has 27 heavy (non-hydrogen) atoms. The van der Waals surface area contributed by atoms with Crippen LogP contribution < -0.4 is 21.5 Å². The molecule has 0 unspecified atom stereocenters. The highest BCUT2D eigenvalue weighted by Gasteiger charge is 2.08. The summed E-state index contributed by atoms with van der Waals surface area (Å²) in [5.74, 6) is -0.767. The van der Waals surface area contributed by atoms with Crippen molar-refractivity contribution in [3.63, 3.8) is 0 Å². The van der Waals surface area contributed by atoms with Crippen LogP contribution in [-0.2, 0) is 16.1 Å². The lowest BCUT2D eigenvalue weighted by molar-refractivity contribution is -0.119. The van der Waals surface area contributed by atoms with Gasteiger partial charge in [0.25, 0.3) is 11.5 Å². The van der Waals surface area contributed by atoms with Crippen LogP contribution >= 0.6 is 0 Å². The number of hydrogen-bond donors (Lipinski definition) is 3. The number of anilines is 1. The van der Waals surface area contributed by atoms with E-state index in [-0.39, 0.29) is 29.8 Å². The number of benzene rings is 1. The van der Waals surface area contributed by atoms with Gasteiger partial charge < -0.3 is 20.5 Å². The average molecular weight is 370 g/mol. The molecule has 0 atom stereocenters. The summed E-state index contributed by atoms with van der Waals surface area (Å²) in [6.45, 7) is 3.83. The number of carbonyl (C=O) groups is 3. The molecule has 0 saturated heterocycles. The fraction of sp³-hybridized carbons (Fsp3) is 0.263. The monoisotopic (exact) mass is 370 g/mol. The van der Waals surface area contributed by atoms with Crippen LogP contribution in [-0.4, -0.2) is 35.4 Å². The second-order valence-electron chi connectivity index (χ2n) is 6.04. The van der Waals surface area contributed by atoms with Gasteiger partial charge in [0, 0.05) is 43.5 Å². The molecule has 0 fully saturated rings. The number of hydrogen-bond acceptors (Lipinski definition) is 4. The van der Waals surface area contributed by atoms with Gasteiger partial charge in [-0.3, -0.25) is 19.2 Å². The van der Waals surface area contributed by atoms with Gasteiger partial charge in [-0.15, -0.1) is 0 Å². The molecule has 0 aliphatic rings. The molecule has 1 aromatic heterocycles. The highest BCUT2D eigenvalue weighted by molar-refractivity contribution is 5.95. The normalized spacial score (nSPS) is 10.1. The van der Waals surface area contributed by atoms with Crippen molar-refractivity contribution in [2.24, 2.45) is 0 Å². The molecule has 0 bridgehead atoms. The van der Waals surface area contributed by atoms with Crippen molar-refractivity contribution in [1.82, 2.24) is 15.2 Å². The minimum Gasteiger partial charge on any atom is -0.355 e. The second-order valence-corrected chi connectivity index (χ2v) is 6.04. The summed E-state index contributed by atoms with van der Waals surface area (Å²) in [6, 6.07) is 9.50. The van der Waals surface area contributed by atoms with E-state index in [2.05, 4.69) is 16.0 Å². The molecule has 3 N–H and O–H groups in total. The van der Waals surface area contributed by atoms with Crippen LogP contribution in [0.3, 0.4) is 0 Å². The molecule has 1 heterocycles. The Balaban J connectivity index is 1.88. The number of pyridine rings is 1. The first kappa shape index (κ1) is 19.9. The summed E-state index contributed by atoms with van der Waals surface area (Å²) in [5.41, 5.74) is 1.60. The molecule has 1 aromatic carbocycles. The number of amides is 3. The minimum atomic E-state index is -0.338. The molecule has 0 aliphatic carbocycles. The predicted octanol–water partition coefficient (Wildman–Crippen LogP) is 0.661. The van der Waals surface area contributed by atoms with Crippen LogP contribution in [0.1, 0.15) is 22.8 Å². The van der Waals surface area contributed by atoms with Crippen LogP contribution in [0, 0.1) is 6.92 Å². The van der Waals surface area contributed by atoms with E-state index in [1.807, 2.05) is 6.92 Å². The Kier molecular flexibility index (Phi) is 6.87. The van der Waals surface area contributed by atoms with Crippen molar-refractivity contribution in [3.05, 3.63) is 64.1 Å². The van der Waals surface area contributed by atoms with Crippen molar-refractivity contribution in [1.29, 1.82) is 0 Å². The average Bonchev–Trinajstić information content (AvgIpc) is 2.62. The van der Waals surface area contributed by atoms with E-state index < -0.39 is 0 Å². The van der Waals surface area contributed by atoms with Gasteiger partial charge in [-0.05, 0) is 36.8 Å². The van der Waals surface area contributed by atoms with E-state index in [9.17, 15) is 19.2 Å². The molecule has 8 nitrogen and oxygen atoms in total. The fourth-order valence-electron chi connectivity index (χ4n) is 2.35. The summed E-state index contributed by atoms with van der Waals surface area (Å²) >= 11 is 0. The Morgan fingerprint density at radius 2 is 1.63 bits per heavy atom. The van der Waals surface area contributed by atoms with Crippen LogP contribution in [0.4, 0.5) is 5.69 Å². The first-order chi connectivity index (χ1) is 12.8. The molecule has 0 spiro atoms. The zero-order chi connectivity index (χ0) is 19.8. The van der Waals surface area contributed by atoms with Gasteiger partial charge in [-0.2, -0.15) is 0 Å². The zero-order valence-electron chi connectivity index (χ0n) is 15.2. The lowest BCUT2D eigenvalue weighted by Gasteiger charge is -2.09. The van der Waals surface area contributed by atoms with Gasteiger partial charge in [0.1, 0.15) is 6.54 Å². The van der Waals surface area contributed by atoms with Crippen molar-refractivity contribution in [2.45, 2.75) is 20.4 Å². The molecule has 3 amide bonds. The van der Waals surface area contributed by atoms with Crippen LogP contribution in [0.2, 0.25) is 0 Å². The van der Waals surface area contributed by atoms with Crippen molar-refractivity contribution >= 4 is 23.4 Å². The topological polar surface area (TPSA) is 109 Å². The third-order valence-corrected chi connectivity index (χ3v) is 3.66. The SMILES string of the molecule is CC(=O)NCCNC(=O)c1ccc(NC(=O)Cn2cc(C)ccc2=O)cc1. The first-order valence-corrected chi connectivity index (χ1v) is 8.45. The summed E-state index contributed by atoms with van der Waals surface area (Å²) in [7, 11) is 0. The van der Waals surface area contributed by atoms with E-state index in [1.54, 1.807) is 36.5 Å².